The molecule has 1 aliphatic heterocycles. The molecule has 3 aromatic carbocycles. The standard InChI is InChI=1S/C30H31N5O3/c1-5-37-26-16-23(14-15-25(26)38-17-22-11-7-6-8-12-22)28-27(21(4)33-30-31-18-32-35(28)30)29(36)34-24-13-9-10-19(2)20(24)3/h6-16,18,28H,5,17H2,1-4H3,(H,34,36)(H,31,32,33). The highest BCUT2D eigenvalue weighted by atomic mass is 16.5. The minimum Gasteiger partial charge on any atom is -0.490 e. The number of fused-ring (bicyclic) bond motifs is 1. The van der Waals surface area contributed by atoms with Gasteiger partial charge in [-0.05, 0) is 68.1 Å². The first-order valence-corrected chi connectivity index (χ1v) is 12.6. The van der Waals surface area contributed by atoms with E-state index in [2.05, 4.69) is 20.7 Å². The van der Waals surface area contributed by atoms with Gasteiger partial charge in [-0.1, -0.05) is 48.5 Å². The Balaban J connectivity index is 1.51. The van der Waals surface area contributed by atoms with Crippen LogP contribution in [0.25, 0.3) is 0 Å². The summed E-state index contributed by atoms with van der Waals surface area (Å²) in [6, 6.07) is 21.1. The zero-order valence-electron chi connectivity index (χ0n) is 22.0. The van der Waals surface area contributed by atoms with Gasteiger partial charge in [0.1, 0.15) is 19.0 Å². The van der Waals surface area contributed by atoms with Crippen molar-refractivity contribution in [2.75, 3.05) is 17.2 Å². The van der Waals surface area contributed by atoms with E-state index >= 15 is 0 Å². The molecule has 1 aromatic heterocycles. The van der Waals surface area contributed by atoms with Gasteiger partial charge < -0.3 is 20.1 Å². The van der Waals surface area contributed by atoms with Crippen LogP contribution in [0.1, 0.15) is 42.1 Å². The number of carbonyl (C=O) groups excluding carboxylic acids is 1. The van der Waals surface area contributed by atoms with Crippen LogP contribution in [0, 0.1) is 13.8 Å². The van der Waals surface area contributed by atoms with Gasteiger partial charge in [-0.25, -0.2) is 4.68 Å². The Bertz CT molecular complexity index is 1490. The molecule has 0 saturated carbocycles. The van der Waals surface area contributed by atoms with Gasteiger partial charge in [-0.2, -0.15) is 10.1 Å². The molecule has 5 rings (SSSR count). The molecule has 1 amide bonds. The maximum atomic E-state index is 13.8. The lowest BCUT2D eigenvalue weighted by atomic mass is 9.94. The van der Waals surface area contributed by atoms with Gasteiger partial charge in [0.25, 0.3) is 5.91 Å². The van der Waals surface area contributed by atoms with Gasteiger partial charge in [0.15, 0.2) is 11.5 Å². The Hall–Kier alpha value is -4.59. The highest BCUT2D eigenvalue weighted by Crippen LogP contribution is 2.39. The second-order valence-electron chi connectivity index (χ2n) is 9.21. The number of nitrogens with one attached hydrogen (secondary N) is 2. The summed E-state index contributed by atoms with van der Waals surface area (Å²) in [5, 5.41) is 10.8. The van der Waals surface area contributed by atoms with Crippen molar-refractivity contribution in [3.8, 4) is 11.5 Å². The number of ether oxygens (including phenoxy) is 2. The molecule has 0 spiro atoms. The molecule has 1 atom stereocenters. The van der Waals surface area contributed by atoms with Gasteiger partial charge in [0.05, 0.1) is 12.2 Å². The van der Waals surface area contributed by atoms with Crippen LogP contribution in [0.15, 0.2) is 84.3 Å². The summed E-state index contributed by atoms with van der Waals surface area (Å²) in [4.78, 5) is 18.1. The van der Waals surface area contributed by atoms with Crippen LogP contribution in [0.3, 0.4) is 0 Å². The highest BCUT2D eigenvalue weighted by Gasteiger charge is 2.34. The van der Waals surface area contributed by atoms with Gasteiger partial charge in [-0.3, -0.25) is 4.79 Å². The third kappa shape index (κ3) is 4.98. The zero-order valence-corrected chi connectivity index (χ0v) is 22.0. The number of rotatable bonds is 8. The normalized spacial score (nSPS) is 14.5. The number of amides is 1. The number of hydrogen-bond donors (Lipinski definition) is 2. The minimum absolute atomic E-state index is 0.211. The molecule has 1 aliphatic rings. The maximum Gasteiger partial charge on any atom is 0.255 e. The highest BCUT2D eigenvalue weighted by molar-refractivity contribution is 6.06. The van der Waals surface area contributed by atoms with E-state index in [4.69, 9.17) is 9.47 Å². The van der Waals surface area contributed by atoms with Crippen molar-refractivity contribution in [2.24, 2.45) is 0 Å². The van der Waals surface area contributed by atoms with Crippen LogP contribution in [-0.2, 0) is 11.4 Å². The predicted octanol–water partition coefficient (Wildman–Crippen LogP) is 5.80. The summed E-state index contributed by atoms with van der Waals surface area (Å²) in [5.74, 6) is 1.60. The maximum absolute atomic E-state index is 13.8. The van der Waals surface area contributed by atoms with Crippen molar-refractivity contribution in [1.29, 1.82) is 0 Å². The molecule has 2 heterocycles. The van der Waals surface area contributed by atoms with Crippen molar-refractivity contribution in [3.63, 3.8) is 0 Å². The third-order valence-electron chi connectivity index (χ3n) is 6.71. The molecule has 8 nitrogen and oxygen atoms in total. The number of anilines is 2. The molecule has 1 unspecified atom stereocenters. The molecule has 4 aromatic rings. The molecule has 2 N–H and O–H groups in total. The summed E-state index contributed by atoms with van der Waals surface area (Å²) in [6.45, 7) is 8.73. The second kappa shape index (κ2) is 10.8. The molecule has 0 saturated heterocycles. The third-order valence-corrected chi connectivity index (χ3v) is 6.71. The summed E-state index contributed by atoms with van der Waals surface area (Å²) in [6.07, 6.45) is 1.48. The van der Waals surface area contributed by atoms with E-state index in [-0.39, 0.29) is 5.91 Å². The summed E-state index contributed by atoms with van der Waals surface area (Å²) in [7, 11) is 0. The fourth-order valence-electron chi connectivity index (χ4n) is 4.59. The average Bonchev–Trinajstić information content (AvgIpc) is 3.38. The fraction of sp³-hybridized carbons (Fsp3) is 0.233. The van der Waals surface area contributed by atoms with Crippen LogP contribution in [0.4, 0.5) is 11.6 Å². The topological polar surface area (TPSA) is 90.3 Å². The van der Waals surface area contributed by atoms with Crippen molar-refractivity contribution in [1.82, 2.24) is 14.8 Å². The lowest BCUT2D eigenvalue weighted by Crippen LogP contribution is -2.31. The molecule has 0 aliphatic carbocycles. The van der Waals surface area contributed by atoms with E-state index in [1.807, 2.05) is 94.4 Å². The summed E-state index contributed by atoms with van der Waals surface area (Å²) in [5.41, 5.74) is 6.06. The quantitative estimate of drug-likeness (QED) is 0.312. The van der Waals surface area contributed by atoms with E-state index in [9.17, 15) is 4.79 Å². The number of carbonyl (C=O) groups is 1. The Morgan fingerprint density at radius 2 is 1.82 bits per heavy atom. The van der Waals surface area contributed by atoms with E-state index in [1.54, 1.807) is 4.68 Å². The van der Waals surface area contributed by atoms with Gasteiger partial charge >= 0.3 is 0 Å². The SMILES string of the molecule is CCOc1cc(C2C(C(=O)Nc3cccc(C)c3C)=C(C)Nc3ncnn32)ccc1OCc1ccccc1. The van der Waals surface area contributed by atoms with Crippen LogP contribution in [0.2, 0.25) is 0 Å². The minimum atomic E-state index is -0.513. The van der Waals surface area contributed by atoms with Crippen molar-refractivity contribution >= 4 is 17.5 Å². The number of allylic oxidation sites excluding steroid dienone is 1. The molecule has 0 fully saturated rings. The van der Waals surface area contributed by atoms with Gasteiger partial charge in [0.2, 0.25) is 5.95 Å². The first-order valence-electron chi connectivity index (χ1n) is 12.6. The van der Waals surface area contributed by atoms with Gasteiger partial charge in [-0.15, -0.1) is 0 Å². The number of hydrogen-bond acceptors (Lipinski definition) is 6. The van der Waals surface area contributed by atoms with E-state index in [0.717, 1.165) is 27.9 Å². The number of aromatic nitrogens is 3. The average molecular weight is 510 g/mol. The number of benzene rings is 3. The smallest absolute Gasteiger partial charge is 0.255 e. The fourth-order valence-corrected chi connectivity index (χ4v) is 4.59. The molecule has 0 radical (unpaired) electrons. The van der Waals surface area contributed by atoms with Crippen LogP contribution in [-0.4, -0.2) is 27.3 Å². The van der Waals surface area contributed by atoms with E-state index in [0.29, 0.717) is 41.9 Å². The van der Waals surface area contributed by atoms with E-state index < -0.39 is 6.04 Å². The molecular formula is C30H31N5O3. The van der Waals surface area contributed by atoms with Crippen molar-refractivity contribution in [2.45, 2.75) is 40.3 Å². The van der Waals surface area contributed by atoms with Crippen molar-refractivity contribution in [3.05, 3.63) is 107 Å². The largest absolute Gasteiger partial charge is 0.490 e. The first kappa shape index (κ1) is 25.1. The second-order valence-corrected chi connectivity index (χ2v) is 9.21. The van der Waals surface area contributed by atoms with Crippen LogP contribution >= 0.6 is 0 Å². The molecular weight excluding hydrogens is 478 g/mol. The lowest BCUT2D eigenvalue weighted by molar-refractivity contribution is -0.113. The molecule has 194 valence electrons. The van der Waals surface area contributed by atoms with Crippen LogP contribution < -0.4 is 20.1 Å². The molecule has 0 bridgehead atoms. The number of aryl methyl sites for hydroxylation is 1. The Labute approximate surface area is 222 Å². The predicted molar refractivity (Wildman–Crippen MR) is 147 cm³/mol. The summed E-state index contributed by atoms with van der Waals surface area (Å²) >= 11 is 0. The first-order chi connectivity index (χ1) is 18.5. The summed E-state index contributed by atoms with van der Waals surface area (Å²) < 4.78 is 13.8. The monoisotopic (exact) mass is 509 g/mol. The molecule has 38 heavy (non-hydrogen) atoms. The van der Waals surface area contributed by atoms with E-state index in [1.165, 1.54) is 6.33 Å². The Kier molecular flexibility index (Phi) is 7.13. The van der Waals surface area contributed by atoms with Crippen LogP contribution in [0.5, 0.6) is 11.5 Å². The lowest BCUT2D eigenvalue weighted by Gasteiger charge is -2.29. The Morgan fingerprint density at radius 1 is 1.00 bits per heavy atom. The zero-order chi connectivity index (χ0) is 26.6. The Morgan fingerprint density at radius 3 is 2.61 bits per heavy atom. The van der Waals surface area contributed by atoms with Crippen molar-refractivity contribution < 1.29 is 14.3 Å². The van der Waals surface area contributed by atoms with Gasteiger partial charge in [0, 0.05) is 11.4 Å². The molecule has 8 heteroatoms. The number of nitrogens with zero attached hydrogens (tertiary/aromatic N) is 3.